The summed E-state index contributed by atoms with van der Waals surface area (Å²) in [5, 5.41) is 9.62. The number of methoxy groups -OCH3 is 1. The van der Waals surface area contributed by atoms with E-state index in [1.165, 1.54) is 5.57 Å². The fraction of sp³-hybridized carbons (Fsp3) is 0.680. The first-order valence-electron chi connectivity index (χ1n) is 11.4. The summed E-state index contributed by atoms with van der Waals surface area (Å²) in [6.07, 6.45) is 4.22. The second kappa shape index (κ2) is 9.59. The molecule has 3 aliphatic heterocycles. The minimum Gasteiger partial charge on any atom is -0.497 e. The summed E-state index contributed by atoms with van der Waals surface area (Å²) >= 11 is 0. The molecule has 7 atom stereocenters. The lowest BCUT2D eigenvalue weighted by atomic mass is 9.78. The maximum Gasteiger partial charge on any atom is 0.118 e. The van der Waals surface area contributed by atoms with Gasteiger partial charge in [0.15, 0.2) is 0 Å². The summed E-state index contributed by atoms with van der Waals surface area (Å²) in [5.74, 6) is 0.979. The average Bonchev–Trinajstić information content (AvgIpc) is 2.77. The molecule has 2 saturated heterocycles. The molecule has 6 nitrogen and oxygen atoms in total. The van der Waals surface area contributed by atoms with Crippen molar-refractivity contribution in [2.24, 2.45) is 5.92 Å². The Labute approximate surface area is 185 Å². The Morgan fingerprint density at radius 2 is 2.03 bits per heavy atom. The number of rotatable bonds is 7. The van der Waals surface area contributed by atoms with Gasteiger partial charge < -0.3 is 28.8 Å². The molecule has 31 heavy (non-hydrogen) atoms. The third kappa shape index (κ3) is 4.99. The fourth-order valence-corrected chi connectivity index (χ4v) is 4.96. The van der Waals surface area contributed by atoms with Crippen LogP contribution >= 0.6 is 0 Å². The summed E-state index contributed by atoms with van der Waals surface area (Å²) in [6, 6.07) is 7.93. The molecule has 1 aromatic rings. The van der Waals surface area contributed by atoms with Gasteiger partial charge in [0.05, 0.1) is 50.3 Å². The zero-order valence-corrected chi connectivity index (χ0v) is 19.1. The molecule has 0 radical (unpaired) electrons. The number of hydrogen-bond donors (Lipinski definition) is 1. The summed E-state index contributed by atoms with van der Waals surface area (Å²) in [4.78, 5) is 0. The van der Waals surface area contributed by atoms with Crippen molar-refractivity contribution >= 4 is 0 Å². The first-order chi connectivity index (χ1) is 14.9. The monoisotopic (exact) mass is 432 g/mol. The molecule has 172 valence electrons. The molecule has 3 aliphatic rings. The van der Waals surface area contributed by atoms with Crippen molar-refractivity contribution in [2.75, 3.05) is 20.3 Å². The van der Waals surface area contributed by atoms with E-state index in [9.17, 15) is 5.11 Å². The number of fused-ring (bicyclic) bond motifs is 2. The average molecular weight is 433 g/mol. The quantitative estimate of drug-likeness (QED) is 0.664. The van der Waals surface area contributed by atoms with Crippen LogP contribution in [0.5, 0.6) is 5.75 Å². The number of aliphatic hydroxyl groups excluding tert-OH is 1. The summed E-state index contributed by atoms with van der Waals surface area (Å²) < 4.78 is 30.9. The molecule has 0 bridgehead atoms. The molecule has 1 aromatic carbocycles. The summed E-state index contributed by atoms with van der Waals surface area (Å²) in [7, 11) is 1.66. The molecule has 2 fully saturated rings. The van der Waals surface area contributed by atoms with Crippen molar-refractivity contribution in [3.63, 3.8) is 0 Å². The van der Waals surface area contributed by atoms with Crippen molar-refractivity contribution in [1.82, 2.24) is 0 Å². The van der Waals surface area contributed by atoms with Gasteiger partial charge in [0.25, 0.3) is 0 Å². The summed E-state index contributed by atoms with van der Waals surface area (Å²) in [5.41, 5.74) is 1.90. The van der Waals surface area contributed by atoms with Crippen LogP contribution in [-0.2, 0) is 25.6 Å². The molecule has 0 saturated carbocycles. The van der Waals surface area contributed by atoms with E-state index in [1.807, 2.05) is 31.2 Å². The predicted molar refractivity (Wildman–Crippen MR) is 117 cm³/mol. The van der Waals surface area contributed by atoms with E-state index < -0.39 is 5.60 Å². The molecule has 0 amide bonds. The molecule has 0 spiro atoms. The van der Waals surface area contributed by atoms with Gasteiger partial charge in [0.1, 0.15) is 11.9 Å². The second-order valence-corrected chi connectivity index (χ2v) is 9.50. The van der Waals surface area contributed by atoms with Gasteiger partial charge in [-0.15, -0.1) is 0 Å². The van der Waals surface area contributed by atoms with Crippen LogP contribution in [0, 0.1) is 5.92 Å². The molecule has 3 heterocycles. The highest BCUT2D eigenvalue weighted by atomic mass is 16.6. The number of aliphatic hydroxyl groups is 1. The summed E-state index contributed by atoms with van der Waals surface area (Å²) in [6.45, 7) is 7.59. The van der Waals surface area contributed by atoms with Gasteiger partial charge in [0.2, 0.25) is 0 Å². The Balaban J connectivity index is 1.49. The Bertz CT molecular complexity index is 762. The highest BCUT2D eigenvalue weighted by Gasteiger charge is 2.54. The topological polar surface area (TPSA) is 66.4 Å². The first-order valence-corrected chi connectivity index (χ1v) is 11.4. The Morgan fingerprint density at radius 3 is 2.74 bits per heavy atom. The molecular formula is C25H36O6. The highest BCUT2D eigenvalue weighted by Crippen LogP contribution is 2.44. The van der Waals surface area contributed by atoms with Crippen molar-refractivity contribution in [3.8, 4) is 5.75 Å². The maximum atomic E-state index is 9.62. The number of hydrogen-bond acceptors (Lipinski definition) is 6. The van der Waals surface area contributed by atoms with Crippen LogP contribution in [0.25, 0.3) is 0 Å². The van der Waals surface area contributed by atoms with E-state index in [0.717, 1.165) is 30.6 Å². The standard InChI is InChI=1S/C25H36O6/c1-16(14-26)11-20-22(29-15-18-5-7-19(27-4)8-6-18)13-25(3)23(30-20)12-21-24(31-25)17(2)9-10-28-21/h5-9,16,20-24,26H,10-15H2,1-4H3/t16?,20-,21-,22+,23+,24+,25-/m0/s1. The van der Waals surface area contributed by atoms with Crippen LogP contribution in [-0.4, -0.2) is 61.6 Å². The number of ether oxygens (including phenoxy) is 5. The van der Waals surface area contributed by atoms with Crippen molar-refractivity contribution < 1.29 is 28.8 Å². The van der Waals surface area contributed by atoms with E-state index in [4.69, 9.17) is 23.7 Å². The minimum atomic E-state index is -0.430. The van der Waals surface area contributed by atoms with Crippen molar-refractivity contribution in [1.29, 1.82) is 0 Å². The van der Waals surface area contributed by atoms with Gasteiger partial charge in [-0.1, -0.05) is 25.1 Å². The Morgan fingerprint density at radius 1 is 1.26 bits per heavy atom. The smallest absolute Gasteiger partial charge is 0.118 e. The molecular weight excluding hydrogens is 396 g/mol. The van der Waals surface area contributed by atoms with E-state index in [1.54, 1.807) is 7.11 Å². The fourth-order valence-electron chi connectivity index (χ4n) is 4.96. The zero-order chi connectivity index (χ0) is 22.0. The largest absolute Gasteiger partial charge is 0.497 e. The van der Waals surface area contributed by atoms with Crippen LogP contribution in [0.2, 0.25) is 0 Å². The van der Waals surface area contributed by atoms with Gasteiger partial charge in [-0.2, -0.15) is 0 Å². The maximum absolute atomic E-state index is 9.62. The van der Waals surface area contributed by atoms with Gasteiger partial charge in [-0.25, -0.2) is 0 Å². The first kappa shape index (κ1) is 22.7. The SMILES string of the molecule is COc1ccc(CO[C@@H]2C[C@]3(C)O[C@@H]4C(C)=CCO[C@H]4C[C@H]3O[C@H]2CC(C)CO)cc1. The van der Waals surface area contributed by atoms with Crippen molar-refractivity contribution in [2.45, 2.75) is 82.8 Å². The molecule has 0 aromatic heterocycles. The van der Waals surface area contributed by atoms with Gasteiger partial charge in [0, 0.05) is 19.4 Å². The predicted octanol–water partition coefficient (Wildman–Crippen LogP) is 3.65. The van der Waals surface area contributed by atoms with Crippen LogP contribution in [0.3, 0.4) is 0 Å². The van der Waals surface area contributed by atoms with Crippen LogP contribution in [0.15, 0.2) is 35.9 Å². The third-order valence-electron chi connectivity index (χ3n) is 6.96. The van der Waals surface area contributed by atoms with E-state index in [-0.39, 0.29) is 43.0 Å². The normalized spacial score (nSPS) is 36.2. The Hall–Kier alpha value is -1.44. The zero-order valence-electron chi connectivity index (χ0n) is 19.1. The van der Waals surface area contributed by atoms with Crippen LogP contribution in [0.1, 0.15) is 45.6 Å². The minimum absolute atomic E-state index is 0.0197. The highest BCUT2D eigenvalue weighted by molar-refractivity contribution is 5.26. The lowest BCUT2D eigenvalue weighted by Crippen LogP contribution is -2.63. The van der Waals surface area contributed by atoms with Crippen LogP contribution < -0.4 is 4.74 Å². The number of benzene rings is 1. The van der Waals surface area contributed by atoms with Crippen LogP contribution in [0.4, 0.5) is 0 Å². The lowest BCUT2D eigenvalue weighted by Gasteiger charge is -2.54. The van der Waals surface area contributed by atoms with Gasteiger partial charge >= 0.3 is 0 Å². The molecule has 0 aliphatic carbocycles. The van der Waals surface area contributed by atoms with Gasteiger partial charge in [-0.3, -0.25) is 0 Å². The Kier molecular flexibility index (Phi) is 7.04. The third-order valence-corrected chi connectivity index (χ3v) is 6.96. The van der Waals surface area contributed by atoms with E-state index in [0.29, 0.717) is 13.2 Å². The van der Waals surface area contributed by atoms with E-state index in [2.05, 4.69) is 19.9 Å². The van der Waals surface area contributed by atoms with Crippen molar-refractivity contribution in [3.05, 3.63) is 41.5 Å². The van der Waals surface area contributed by atoms with Gasteiger partial charge in [-0.05, 0) is 49.5 Å². The molecule has 1 N–H and O–H groups in total. The molecule has 4 rings (SSSR count). The molecule has 6 heteroatoms. The second-order valence-electron chi connectivity index (χ2n) is 9.50. The lowest BCUT2D eigenvalue weighted by molar-refractivity contribution is -0.293. The van der Waals surface area contributed by atoms with E-state index >= 15 is 0 Å². The molecule has 1 unspecified atom stereocenters.